The number of hydrogen-bond donors (Lipinski definition) is 1. The zero-order valence-electron chi connectivity index (χ0n) is 10.2. The van der Waals surface area contributed by atoms with Crippen LogP contribution < -0.4 is 5.73 Å². The molecule has 0 radical (unpaired) electrons. The average molecular weight is 220 g/mol. The number of carbonyl (C=O) groups is 1. The van der Waals surface area contributed by atoms with Crippen molar-refractivity contribution >= 4 is 5.91 Å². The molecule has 0 bridgehead atoms. The maximum absolute atomic E-state index is 11.2. The molecule has 0 heterocycles. The second kappa shape index (κ2) is 5.66. The van der Waals surface area contributed by atoms with Gasteiger partial charge in [0, 0.05) is 12.6 Å². The number of hydrogen-bond acceptors (Lipinski definition) is 2. The molecule has 0 saturated heterocycles. The van der Waals surface area contributed by atoms with Crippen molar-refractivity contribution in [2.45, 2.75) is 39.4 Å². The number of nitrogens with two attached hydrogens (primary N) is 1. The molecule has 1 unspecified atom stereocenters. The van der Waals surface area contributed by atoms with Gasteiger partial charge in [-0.2, -0.15) is 0 Å². The molecule has 0 aliphatic rings. The molecule has 0 aliphatic carbocycles. The monoisotopic (exact) mass is 220 g/mol. The van der Waals surface area contributed by atoms with Crippen molar-refractivity contribution in [2.75, 3.05) is 0 Å². The summed E-state index contributed by atoms with van der Waals surface area (Å²) in [6, 6.07) is 10.2. The molecule has 1 rings (SSSR count). The fraction of sp³-hybridized carbons (Fsp3) is 0.462. The Balaban J connectivity index is 2.77. The summed E-state index contributed by atoms with van der Waals surface area (Å²) in [5.74, 6) is -0.273. The molecule has 0 fully saturated rings. The summed E-state index contributed by atoms with van der Waals surface area (Å²) in [4.78, 5) is 13.3. The van der Waals surface area contributed by atoms with Crippen LogP contribution in [0.1, 0.15) is 26.3 Å². The van der Waals surface area contributed by atoms with Gasteiger partial charge >= 0.3 is 0 Å². The third-order valence-electron chi connectivity index (χ3n) is 2.78. The molecule has 3 heteroatoms. The second-order valence-electron chi connectivity index (χ2n) is 4.33. The minimum atomic E-state index is -0.273. The fourth-order valence-corrected chi connectivity index (χ4v) is 1.72. The van der Waals surface area contributed by atoms with Crippen molar-refractivity contribution in [3.63, 3.8) is 0 Å². The van der Waals surface area contributed by atoms with Crippen molar-refractivity contribution in [1.82, 2.24) is 4.90 Å². The standard InChI is InChI=1S/C13H20N2O/c1-10(2)15(11(3)13(14)16)9-12-7-5-4-6-8-12/h4-8,10-11H,9H2,1-3H3,(H2,14,16). The molecule has 1 aromatic rings. The predicted octanol–water partition coefficient (Wildman–Crippen LogP) is 1.77. The van der Waals surface area contributed by atoms with Crippen LogP contribution in [-0.2, 0) is 11.3 Å². The summed E-state index contributed by atoms with van der Waals surface area (Å²) in [5.41, 5.74) is 6.55. The lowest BCUT2D eigenvalue weighted by molar-refractivity contribution is -0.123. The molecule has 16 heavy (non-hydrogen) atoms. The van der Waals surface area contributed by atoms with Gasteiger partial charge in [0.05, 0.1) is 6.04 Å². The molecule has 0 aromatic heterocycles. The molecule has 3 nitrogen and oxygen atoms in total. The van der Waals surface area contributed by atoms with E-state index in [2.05, 4.69) is 30.9 Å². The van der Waals surface area contributed by atoms with Gasteiger partial charge in [-0.05, 0) is 26.3 Å². The Labute approximate surface area is 97.2 Å². The quantitative estimate of drug-likeness (QED) is 0.822. The highest BCUT2D eigenvalue weighted by molar-refractivity contribution is 5.79. The first-order chi connectivity index (χ1) is 7.52. The lowest BCUT2D eigenvalue weighted by Crippen LogP contribution is -2.45. The van der Waals surface area contributed by atoms with Gasteiger partial charge < -0.3 is 5.73 Å². The summed E-state index contributed by atoms with van der Waals surface area (Å²) in [6.07, 6.45) is 0. The van der Waals surface area contributed by atoms with Gasteiger partial charge in [0.2, 0.25) is 5.91 Å². The molecule has 1 atom stereocenters. The van der Waals surface area contributed by atoms with Crippen LogP contribution >= 0.6 is 0 Å². The molecule has 1 amide bonds. The van der Waals surface area contributed by atoms with Crippen LogP contribution in [0, 0.1) is 0 Å². The Morgan fingerprint density at radius 2 is 1.81 bits per heavy atom. The van der Waals surface area contributed by atoms with E-state index in [0.29, 0.717) is 6.04 Å². The first-order valence-corrected chi connectivity index (χ1v) is 5.61. The van der Waals surface area contributed by atoms with Crippen LogP contribution in [-0.4, -0.2) is 22.9 Å². The third-order valence-corrected chi connectivity index (χ3v) is 2.78. The first-order valence-electron chi connectivity index (χ1n) is 5.61. The molecule has 88 valence electrons. The molecule has 0 saturated carbocycles. The maximum atomic E-state index is 11.2. The summed E-state index contributed by atoms with van der Waals surface area (Å²) in [6.45, 7) is 6.75. The van der Waals surface area contributed by atoms with Crippen LogP contribution in [0.4, 0.5) is 0 Å². The minimum Gasteiger partial charge on any atom is -0.368 e. The highest BCUT2D eigenvalue weighted by Crippen LogP contribution is 2.11. The average Bonchev–Trinajstić information content (AvgIpc) is 2.26. The maximum Gasteiger partial charge on any atom is 0.234 e. The summed E-state index contributed by atoms with van der Waals surface area (Å²) in [5, 5.41) is 0. The third kappa shape index (κ3) is 3.35. The van der Waals surface area contributed by atoms with E-state index in [1.54, 1.807) is 0 Å². The normalized spacial score (nSPS) is 13.1. The lowest BCUT2D eigenvalue weighted by Gasteiger charge is -2.30. The Morgan fingerprint density at radius 1 is 1.25 bits per heavy atom. The zero-order valence-corrected chi connectivity index (χ0v) is 10.2. The predicted molar refractivity (Wildman–Crippen MR) is 65.8 cm³/mol. The van der Waals surface area contributed by atoms with E-state index in [4.69, 9.17) is 5.73 Å². The van der Waals surface area contributed by atoms with Gasteiger partial charge in [0.25, 0.3) is 0 Å². The van der Waals surface area contributed by atoms with Crippen molar-refractivity contribution in [2.24, 2.45) is 5.73 Å². The number of carbonyl (C=O) groups excluding carboxylic acids is 1. The van der Waals surface area contributed by atoms with E-state index >= 15 is 0 Å². The molecule has 1 aromatic carbocycles. The van der Waals surface area contributed by atoms with Gasteiger partial charge in [0.1, 0.15) is 0 Å². The van der Waals surface area contributed by atoms with E-state index in [0.717, 1.165) is 6.54 Å². The first kappa shape index (κ1) is 12.7. The summed E-state index contributed by atoms with van der Waals surface area (Å²) >= 11 is 0. The summed E-state index contributed by atoms with van der Waals surface area (Å²) < 4.78 is 0. The number of nitrogens with zero attached hydrogens (tertiary/aromatic N) is 1. The molecule has 2 N–H and O–H groups in total. The Hall–Kier alpha value is -1.35. The Morgan fingerprint density at radius 3 is 2.25 bits per heavy atom. The Bertz CT molecular complexity index is 335. The van der Waals surface area contributed by atoms with Gasteiger partial charge in [-0.1, -0.05) is 30.3 Å². The van der Waals surface area contributed by atoms with E-state index in [1.165, 1.54) is 5.56 Å². The lowest BCUT2D eigenvalue weighted by atomic mass is 10.1. The highest BCUT2D eigenvalue weighted by atomic mass is 16.1. The molecular formula is C13H20N2O. The van der Waals surface area contributed by atoms with Crippen LogP contribution in [0.15, 0.2) is 30.3 Å². The van der Waals surface area contributed by atoms with Gasteiger partial charge in [-0.25, -0.2) is 0 Å². The second-order valence-corrected chi connectivity index (χ2v) is 4.33. The van der Waals surface area contributed by atoms with E-state index in [-0.39, 0.29) is 11.9 Å². The smallest absolute Gasteiger partial charge is 0.234 e. The fourth-order valence-electron chi connectivity index (χ4n) is 1.72. The SMILES string of the molecule is CC(C)N(Cc1ccccc1)C(C)C(N)=O. The van der Waals surface area contributed by atoms with Gasteiger partial charge in [-0.3, -0.25) is 9.69 Å². The van der Waals surface area contributed by atoms with Gasteiger partial charge in [-0.15, -0.1) is 0 Å². The van der Waals surface area contributed by atoms with Crippen LogP contribution in [0.25, 0.3) is 0 Å². The highest BCUT2D eigenvalue weighted by Gasteiger charge is 2.21. The number of amides is 1. The van der Waals surface area contributed by atoms with E-state index in [1.807, 2.05) is 25.1 Å². The van der Waals surface area contributed by atoms with Gasteiger partial charge in [0.15, 0.2) is 0 Å². The van der Waals surface area contributed by atoms with E-state index in [9.17, 15) is 4.79 Å². The van der Waals surface area contributed by atoms with Crippen molar-refractivity contribution in [3.05, 3.63) is 35.9 Å². The number of rotatable bonds is 5. The van der Waals surface area contributed by atoms with Crippen LogP contribution in [0.3, 0.4) is 0 Å². The van der Waals surface area contributed by atoms with E-state index < -0.39 is 0 Å². The largest absolute Gasteiger partial charge is 0.368 e. The zero-order chi connectivity index (χ0) is 12.1. The molecule has 0 aliphatic heterocycles. The van der Waals surface area contributed by atoms with Crippen LogP contribution in [0.5, 0.6) is 0 Å². The van der Waals surface area contributed by atoms with Crippen molar-refractivity contribution in [3.8, 4) is 0 Å². The van der Waals surface area contributed by atoms with Crippen molar-refractivity contribution in [1.29, 1.82) is 0 Å². The number of primary amides is 1. The topological polar surface area (TPSA) is 46.3 Å². The minimum absolute atomic E-state index is 0.236. The number of benzene rings is 1. The Kier molecular flexibility index (Phi) is 4.50. The summed E-state index contributed by atoms with van der Waals surface area (Å²) in [7, 11) is 0. The van der Waals surface area contributed by atoms with Crippen molar-refractivity contribution < 1.29 is 4.79 Å². The molecular weight excluding hydrogens is 200 g/mol. The van der Waals surface area contributed by atoms with Crippen LogP contribution in [0.2, 0.25) is 0 Å². The molecule has 0 spiro atoms.